The van der Waals surface area contributed by atoms with Gasteiger partial charge < -0.3 is 4.90 Å². The number of hydrogen-bond donors (Lipinski definition) is 0. The first-order chi connectivity index (χ1) is 9.97. The summed E-state index contributed by atoms with van der Waals surface area (Å²) >= 11 is 0. The lowest BCUT2D eigenvalue weighted by Gasteiger charge is -2.15. The number of likely N-dealkylation sites (tertiary alicyclic amines) is 1. The smallest absolute Gasteiger partial charge is 0.254 e. The highest BCUT2D eigenvalue weighted by molar-refractivity contribution is 5.94. The maximum atomic E-state index is 13.2. The fraction of sp³-hybridized carbons (Fsp3) is 0.588. The van der Waals surface area contributed by atoms with E-state index in [0.29, 0.717) is 23.3 Å². The molecule has 1 saturated heterocycles. The number of halogens is 2. The molecule has 1 amide bonds. The molecule has 3 rings (SSSR count). The molecule has 1 aliphatic carbocycles. The molecule has 21 heavy (non-hydrogen) atoms. The van der Waals surface area contributed by atoms with Gasteiger partial charge in [0.25, 0.3) is 5.91 Å². The molecule has 1 aliphatic heterocycles. The Hall–Kier alpha value is -1.45. The van der Waals surface area contributed by atoms with Crippen molar-refractivity contribution in [1.82, 2.24) is 4.90 Å². The van der Waals surface area contributed by atoms with E-state index in [2.05, 4.69) is 13.8 Å². The molecule has 0 bridgehead atoms. The zero-order chi connectivity index (χ0) is 15.1. The molecule has 1 heterocycles. The molecule has 4 atom stereocenters. The van der Waals surface area contributed by atoms with Gasteiger partial charge in [-0.3, -0.25) is 4.79 Å². The Bertz CT molecular complexity index is 535. The Balaban J connectivity index is 1.73. The number of hydrogen-bond acceptors (Lipinski definition) is 1. The number of amides is 1. The topological polar surface area (TPSA) is 20.3 Å². The van der Waals surface area contributed by atoms with E-state index in [9.17, 15) is 13.6 Å². The summed E-state index contributed by atoms with van der Waals surface area (Å²) in [6.07, 6.45) is -1.94. The lowest BCUT2D eigenvalue weighted by Crippen LogP contribution is -2.29. The highest BCUT2D eigenvalue weighted by Crippen LogP contribution is 2.51. The summed E-state index contributed by atoms with van der Waals surface area (Å²) in [6, 6.07) is 7.55. The summed E-state index contributed by atoms with van der Waals surface area (Å²) in [7, 11) is 0. The molecule has 2 aliphatic rings. The van der Waals surface area contributed by atoms with Crippen LogP contribution >= 0.6 is 0 Å². The third-order valence-corrected chi connectivity index (χ3v) is 4.73. The van der Waals surface area contributed by atoms with Crippen molar-refractivity contribution in [3.63, 3.8) is 0 Å². The highest BCUT2D eigenvalue weighted by Gasteiger charge is 2.40. The second-order valence-electron chi connectivity index (χ2n) is 6.62. The van der Waals surface area contributed by atoms with Crippen LogP contribution in [0.4, 0.5) is 8.78 Å². The number of carbonyl (C=O) groups is 1. The predicted octanol–water partition coefficient (Wildman–Crippen LogP) is 3.58. The van der Waals surface area contributed by atoms with Gasteiger partial charge in [-0.1, -0.05) is 26.0 Å². The summed E-state index contributed by atoms with van der Waals surface area (Å²) in [5.41, 5.74) is 1.72. The average Bonchev–Trinajstić information content (AvgIpc) is 3.20. The van der Waals surface area contributed by atoms with Crippen LogP contribution in [0.15, 0.2) is 24.3 Å². The minimum Gasteiger partial charge on any atom is -0.333 e. The van der Waals surface area contributed by atoms with Gasteiger partial charge in [-0.2, -0.15) is 0 Å². The van der Waals surface area contributed by atoms with Crippen molar-refractivity contribution >= 4 is 5.91 Å². The van der Waals surface area contributed by atoms with Gasteiger partial charge in [0.2, 0.25) is 0 Å². The van der Waals surface area contributed by atoms with Gasteiger partial charge in [0.05, 0.1) is 13.1 Å². The van der Waals surface area contributed by atoms with Crippen molar-refractivity contribution in [2.45, 2.75) is 38.5 Å². The van der Waals surface area contributed by atoms with Crippen molar-refractivity contribution < 1.29 is 13.6 Å². The van der Waals surface area contributed by atoms with Crippen molar-refractivity contribution in [3.05, 3.63) is 35.4 Å². The van der Waals surface area contributed by atoms with E-state index in [-0.39, 0.29) is 19.0 Å². The summed E-state index contributed by atoms with van der Waals surface area (Å²) in [6.45, 7) is 4.16. The van der Waals surface area contributed by atoms with Gasteiger partial charge in [-0.25, -0.2) is 8.78 Å². The van der Waals surface area contributed by atoms with E-state index in [4.69, 9.17) is 0 Å². The molecule has 2 fully saturated rings. The van der Waals surface area contributed by atoms with Crippen LogP contribution in [0.5, 0.6) is 0 Å². The Morgan fingerprint density at radius 1 is 1.24 bits per heavy atom. The molecule has 1 saturated carbocycles. The molecule has 0 unspecified atom stereocenters. The van der Waals surface area contributed by atoms with E-state index in [0.717, 1.165) is 6.42 Å². The molecule has 114 valence electrons. The number of nitrogens with zero attached hydrogens (tertiary/aromatic N) is 1. The second-order valence-corrected chi connectivity index (χ2v) is 6.62. The van der Waals surface area contributed by atoms with Gasteiger partial charge in [-0.05, 0) is 41.9 Å². The lowest BCUT2D eigenvalue weighted by atomic mass is 10.0. The van der Waals surface area contributed by atoms with Gasteiger partial charge >= 0.3 is 0 Å². The van der Waals surface area contributed by atoms with Crippen molar-refractivity contribution in [3.8, 4) is 0 Å². The van der Waals surface area contributed by atoms with Crippen LogP contribution in [0, 0.1) is 11.8 Å². The van der Waals surface area contributed by atoms with E-state index >= 15 is 0 Å². The quantitative estimate of drug-likeness (QED) is 0.834. The van der Waals surface area contributed by atoms with E-state index in [1.165, 1.54) is 10.5 Å². The zero-order valence-electron chi connectivity index (χ0n) is 12.4. The highest BCUT2D eigenvalue weighted by atomic mass is 19.2. The van der Waals surface area contributed by atoms with Crippen molar-refractivity contribution in [2.24, 2.45) is 11.8 Å². The Morgan fingerprint density at radius 2 is 1.90 bits per heavy atom. The van der Waals surface area contributed by atoms with E-state index < -0.39 is 12.3 Å². The maximum Gasteiger partial charge on any atom is 0.254 e. The van der Waals surface area contributed by atoms with Crippen LogP contribution in [0.3, 0.4) is 0 Å². The predicted molar refractivity (Wildman–Crippen MR) is 77.8 cm³/mol. The standard InChI is InChI=1S/C17H21F2NO/c1-10(2)13-7-14(13)11-4-3-5-12(6-11)17(21)20-8-15(18)16(19)9-20/h3-6,10,13-16H,7-9H2,1-2H3/t13-,14-,15-,16-/m1/s1. The molecule has 0 aromatic heterocycles. The third-order valence-electron chi connectivity index (χ3n) is 4.73. The molecule has 1 aromatic carbocycles. The first kappa shape index (κ1) is 14.5. The van der Waals surface area contributed by atoms with Crippen LogP contribution in [-0.4, -0.2) is 36.2 Å². The normalized spacial score (nSPS) is 31.8. The van der Waals surface area contributed by atoms with Gasteiger partial charge in [0.15, 0.2) is 12.3 Å². The molecule has 4 heteroatoms. The van der Waals surface area contributed by atoms with Crippen LogP contribution < -0.4 is 0 Å². The second kappa shape index (κ2) is 5.39. The fourth-order valence-electron chi connectivity index (χ4n) is 3.31. The first-order valence-electron chi connectivity index (χ1n) is 7.64. The molecule has 0 spiro atoms. The molecular weight excluding hydrogens is 272 g/mol. The zero-order valence-corrected chi connectivity index (χ0v) is 12.4. The molecular formula is C17H21F2NO. The monoisotopic (exact) mass is 293 g/mol. The van der Waals surface area contributed by atoms with Gasteiger partial charge in [0.1, 0.15) is 0 Å². The van der Waals surface area contributed by atoms with Crippen LogP contribution in [0.2, 0.25) is 0 Å². The SMILES string of the molecule is CC(C)[C@H]1C[C@@H]1c1cccc(C(=O)N2C[C@@H](F)[C@H](F)C2)c1. The van der Waals surface area contributed by atoms with E-state index in [1.807, 2.05) is 18.2 Å². The van der Waals surface area contributed by atoms with Gasteiger partial charge in [-0.15, -0.1) is 0 Å². The molecule has 2 nitrogen and oxygen atoms in total. The van der Waals surface area contributed by atoms with Crippen LogP contribution in [0.25, 0.3) is 0 Å². The first-order valence-corrected chi connectivity index (χ1v) is 7.64. The summed E-state index contributed by atoms with van der Waals surface area (Å²) in [4.78, 5) is 13.6. The van der Waals surface area contributed by atoms with E-state index in [1.54, 1.807) is 6.07 Å². The van der Waals surface area contributed by atoms with Gasteiger partial charge in [0, 0.05) is 5.56 Å². The van der Waals surface area contributed by atoms with Crippen LogP contribution in [-0.2, 0) is 0 Å². The number of alkyl halides is 2. The Kier molecular flexibility index (Phi) is 3.72. The minimum atomic E-state index is -1.55. The Morgan fingerprint density at radius 3 is 2.48 bits per heavy atom. The largest absolute Gasteiger partial charge is 0.333 e. The van der Waals surface area contributed by atoms with Crippen molar-refractivity contribution in [1.29, 1.82) is 0 Å². The maximum absolute atomic E-state index is 13.2. The fourth-order valence-corrected chi connectivity index (χ4v) is 3.31. The lowest BCUT2D eigenvalue weighted by molar-refractivity contribution is 0.0778. The minimum absolute atomic E-state index is 0.137. The number of rotatable bonds is 3. The molecule has 1 aromatic rings. The number of benzene rings is 1. The average molecular weight is 293 g/mol. The number of carbonyl (C=O) groups excluding carboxylic acids is 1. The van der Waals surface area contributed by atoms with Crippen molar-refractivity contribution in [2.75, 3.05) is 13.1 Å². The summed E-state index contributed by atoms with van der Waals surface area (Å²) < 4.78 is 26.5. The molecule has 0 N–H and O–H groups in total. The summed E-state index contributed by atoms with van der Waals surface area (Å²) in [5.74, 6) is 1.60. The Labute approximate surface area is 124 Å². The summed E-state index contributed by atoms with van der Waals surface area (Å²) in [5, 5.41) is 0. The molecule has 0 radical (unpaired) electrons. The third kappa shape index (κ3) is 2.81. The van der Waals surface area contributed by atoms with Crippen LogP contribution in [0.1, 0.15) is 42.1 Å².